The van der Waals surface area contributed by atoms with Crippen molar-refractivity contribution in [3.05, 3.63) is 63.9 Å². The van der Waals surface area contributed by atoms with E-state index >= 15 is 0 Å². The summed E-state index contributed by atoms with van der Waals surface area (Å²) in [7, 11) is 0. The van der Waals surface area contributed by atoms with E-state index in [1.165, 1.54) is 12.1 Å². The fourth-order valence-electron chi connectivity index (χ4n) is 2.03. The summed E-state index contributed by atoms with van der Waals surface area (Å²) in [5.41, 5.74) is 0.748. The van der Waals surface area contributed by atoms with Gasteiger partial charge in [-0.25, -0.2) is 8.78 Å². The summed E-state index contributed by atoms with van der Waals surface area (Å²) in [6.07, 6.45) is 4.12. The van der Waals surface area contributed by atoms with Crippen molar-refractivity contribution in [1.82, 2.24) is 10.3 Å². The Labute approximate surface area is 125 Å². The van der Waals surface area contributed by atoms with Crippen LogP contribution in [0.4, 0.5) is 8.78 Å². The maximum absolute atomic E-state index is 14.3. The van der Waals surface area contributed by atoms with Gasteiger partial charge in [0.2, 0.25) is 0 Å². The van der Waals surface area contributed by atoms with Gasteiger partial charge in [0.05, 0.1) is 10.5 Å². The molecule has 0 saturated heterocycles. The van der Waals surface area contributed by atoms with E-state index in [0.717, 1.165) is 12.0 Å². The van der Waals surface area contributed by atoms with E-state index in [1.54, 1.807) is 24.5 Å². The minimum Gasteiger partial charge on any atom is -0.306 e. The molecule has 1 unspecified atom stereocenters. The minimum absolute atomic E-state index is 0.0147. The SMILES string of the molecule is CCCNC(c1cccnc1)c1c(F)ccc(Br)c1F. The maximum Gasteiger partial charge on any atom is 0.145 e. The second kappa shape index (κ2) is 6.90. The molecule has 20 heavy (non-hydrogen) atoms. The van der Waals surface area contributed by atoms with Gasteiger partial charge in [-0.3, -0.25) is 4.98 Å². The maximum atomic E-state index is 14.3. The predicted molar refractivity (Wildman–Crippen MR) is 78.4 cm³/mol. The summed E-state index contributed by atoms with van der Waals surface area (Å²) in [5, 5.41) is 3.17. The molecule has 1 atom stereocenters. The summed E-state index contributed by atoms with van der Waals surface area (Å²) >= 11 is 3.10. The number of hydrogen-bond acceptors (Lipinski definition) is 2. The van der Waals surface area contributed by atoms with Crippen molar-refractivity contribution in [2.75, 3.05) is 6.54 Å². The second-order valence-corrected chi connectivity index (χ2v) is 5.28. The van der Waals surface area contributed by atoms with E-state index in [0.29, 0.717) is 6.54 Å². The highest BCUT2D eigenvalue weighted by Gasteiger charge is 2.23. The summed E-state index contributed by atoms with van der Waals surface area (Å²) in [4.78, 5) is 4.02. The highest BCUT2D eigenvalue weighted by molar-refractivity contribution is 9.10. The Bertz CT molecular complexity index is 576. The molecule has 0 aliphatic carbocycles. The molecular formula is C15H15BrF2N2. The lowest BCUT2D eigenvalue weighted by molar-refractivity contribution is 0.499. The third-order valence-electron chi connectivity index (χ3n) is 2.98. The largest absolute Gasteiger partial charge is 0.306 e. The van der Waals surface area contributed by atoms with Crippen molar-refractivity contribution in [1.29, 1.82) is 0 Å². The van der Waals surface area contributed by atoms with Crippen molar-refractivity contribution in [2.24, 2.45) is 0 Å². The lowest BCUT2D eigenvalue weighted by Gasteiger charge is -2.20. The highest BCUT2D eigenvalue weighted by atomic mass is 79.9. The van der Waals surface area contributed by atoms with Gasteiger partial charge in [0.15, 0.2) is 0 Å². The zero-order valence-corrected chi connectivity index (χ0v) is 12.6. The van der Waals surface area contributed by atoms with Gasteiger partial charge in [0.25, 0.3) is 0 Å². The Hall–Kier alpha value is -1.33. The van der Waals surface area contributed by atoms with Crippen LogP contribution in [0.15, 0.2) is 41.1 Å². The minimum atomic E-state index is -0.581. The van der Waals surface area contributed by atoms with Crippen LogP contribution in [0.5, 0.6) is 0 Å². The molecule has 106 valence electrons. The third kappa shape index (κ3) is 3.22. The molecule has 1 N–H and O–H groups in total. The molecule has 2 aromatic rings. The molecule has 0 aliphatic heterocycles. The van der Waals surface area contributed by atoms with Gasteiger partial charge in [-0.15, -0.1) is 0 Å². The van der Waals surface area contributed by atoms with Crippen LogP contribution in [0.1, 0.15) is 30.5 Å². The lowest BCUT2D eigenvalue weighted by atomic mass is 9.99. The number of nitrogens with zero attached hydrogens (tertiary/aromatic N) is 1. The summed E-state index contributed by atoms with van der Waals surface area (Å²) in [6.45, 7) is 2.66. The summed E-state index contributed by atoms with van der Waals surface area (Å²) < 4.78 is 28.6. The highest BCUT2D eigenvalue weighted by Crippen LogP contribution is 2.30. The zero-order valence-electron chi connectivity index (χ0n) is 11.0. The van der Waals surface area contributed by atoms with Crippen LogP contribution in [-0.4, -0.2) is 11.5 Å². The topological polar surface area (TPSA) is 24.9 Å². The van der Waals surface area contributed by atoms with E-state index in [9.17, 15) is 8.78 Å². The van der Waals surface area contributed by atoms with E-state index in [1.807, 2.05) is 6.92 Å². The molecule has 1 aromatic carbocycles. The van der Waals surface area contributed by atoms with E-state index in [-0.39, 0.29) is 10.0 Å². The van der Waals surface area contributed by atoms with Gasteiger partial charge in [-0.05, 0) is 52.7 Å². The Kier molecular flexibility index (Phi) is 5.20. The van der Waals surface area contributed by atoms with Gasteiger partial charge in [-0.2, -0.15) is 0 Å². The normalized spacial score (nSPS) is 12.4. The molecule has 1 heterocycles. The first-order valence-corrected chi connectivity index (χ1v) is 7.21. The molecule has 0 spiro atoms. The van der Waals surface area contributed by atoms with Gasteiger partial charge >= 0.3 is 0 Å². The second-order valence-electron chi connectivity index (χ2n) is 4.43. The van der Waals surface area contributed by atoms with Crippen molar-refractivity contribution >= 4 is 15.9 Å². The molecule has 1 aromatic heterocycles. The fraction of sp³-hybridized carbons (Fsp3) is 0.267. The van der Waals surface area contributed by atoms with Gasteiger partial charge in [-0.1, -0.05) is 13.0 Å². The Morgan fingerprint density at radius 3 is 2.75 bits per heavy atom. The van der Waals surface area contributed by atoms with E-state index in [4.69, 9.17) is 0 Å². The number of benzene rings is 1. The quantitative estimate of drug-likeness (QED) is 0.824. The molecular weight excluding hydrogens is 326 g/mol. The van der Waals surface area contributed by atoms with Crippen molar-refractivity contribution in [3.63, 3.8) is 0 Å². The molecule has 0 saturated carbocycles. The van der Waals surface area contributed by atoms with Crippen LogP contribution in [0.2, 0.25) is 0 Å². The summed E-state index contributed by atoms with van der Waals surface area (Å²) in [5.74, 6) is -1.15. The molecule has 0 amide bonds. The Morgan fingerprint density at radius 1 is 1.30 bits per heavy atom. The zero-order chi connectivity index (χ0) is 14.5. The smallest absolute Gasteiger partial charge is 0.145 e. The third-order valence-corrected chi connectivity index (χ3v) is 3.60. The first-order chi connectivity index (χ1) is 9.65. The van der Waals surface area contributed by atoms with Crippen molar-refractivity contribution < 1.29 is 8.78 Å². The number of rotatable bonds is 5. The standard InChI is InChI=1S/C15H15BrF2N2/c1-2-7-20-15(10-4-3-8-19-9-10)13-12(17)6-5-11(16)14(13)18/h3-6,8-9,15,20H,2,7H2,1H3. The first-order valence-electron chi connectivity index (χ1n) is 6.41. The number of halogens is 3. The molecule has 5 heteroatoms. The van der Waals surface area contributed by atoms with E-state index < -0.39 is 17.7 Å². The number of nitrogens with one attached hydrogen (secondary N) is 1. The monoisotopic (exact) mass is 340 g/mol. The van der Waals surface area contributed by atoms with Crippen LogP contribution in [0.25, 0.3) is 0 Å². The van der Waals surface area contributed by atoms with Crippen LogP contribution in [0.3, 0.4) is 0 Å². The van der Waals surface area contributed by atoms with Crippen LogP contribution in [0, 0.1) is 11.6 Å². The van der Waals surface area contributed by atoms with Crippen LogP contribution >= 0.6 is 15.9 Å². The molecule has 0 fully saturated rings. The molecule has 2 rings (SSSR count). The Balaban J connectivity index is 2.49. The van der Waals surface area contributed by atoms with Crippen LogP contribution < -0.4 is 5.32 Å². The fourth-order valence-corrected chi connectivity index (χ4v) is 2.38. The molecule has 0 bridgehead atoms. The van der Waals surface area contributed by atoms with Gasteiger partial charge < -0.3 is 5.32 Å². The Morgan fingerprint density at radius 2 is 2.10 bits per heavy atom. The molecule has 0 radical (unpaired) electrons. The average Bonchev–Trinajstić information content (AvgIpc) is 2.47. The molecule has 2 nitrogen and oxygen atoms in total. The van der Waals surface area contributed by atoms with Crippen molar-refractivity contribution in [3.8, 4) is 0 Å². The van der Waals surface area contributed by atoms with Crippen molar-refractivity contribution in [2.45, 2.75) is 19.4 Å². The number of hydrogen-bond donors (Lipinski definition) is 1. The predicted octanol–water partition coefficient (Wildman–Crippen LogP) is 4.21. The number of aromatic nitrogens is 1. The molecule has 0 aliphatic rings. The lowest BCUT2D eigenvalue weighted by Crippen LogP contribution is -2.25. The average molecular weight is 341 g/mol. The van der Waals surface area contributed by atoms with E-state index in [2.05, 4.69) is 26.2 Å². The summed E-state index contributed by atoms with van der Waals surface area (Å²) in [6, 6.07) is 5.64. The van der Waals surface area contributed by atoms with Crippen LogP contribution in [-0.2, 0) is 0 Å². The first kappa shape index (κ1) is 15.1. The van der Waals surface area contributed by atoms with Gasteiger partial charge in [0, 0.05) is 18.0 Å². The number of pyridine rings is 1. The van der Waals surface area contributed by atoms with Gasteiger partial charge in [0.1, 0.15) is 11.6 Å².